The van der Waals surface area contributed by atoms with Gasteiger partial charge in [0.15, 0.2) is 5.69 Å². The minimum atomic E-state index is -1.24. The summed E-state index contributed by atoms with van der Waals surface area (Å²) in [6.07, 6.45) is 3.19. The van der Waals surface area contributed by atoms with Crippen molar-refractivity contribution in [1.82, 2.24) is 0 Å². The molecule has 0 fully saturated rings. The SMILES string of the molecule is COc1ccc2c(c1/C=N/Nc1ccc([NH+]([O-])O)cc1[N+](=O)[O-])CCCO2. The van der Waals surface area contributed by atoms with Crippen LogP contribution < -0.4 is 20.1 Å². The van der Waals surface area contributed by atoms with Crippen molar-refractivity contribution < 1.29 is 24.8 Å². The Morgan fingerprint density at radius 3 is 2.93 bits per heavy atom. The maximum Gasteiger partial charge on any atom is 0.300 e. The summed E-state index contributed by atoms with van der Waals surface area (Å²) in [6, 6.07) is 7.17. The fourth-order valence-corrected chi connectivity index (χ4v) is 2.84. The minimum Gasteiger partial charge on any atom is -0.595 e. The zero-order valence-corrected chi connectivity index (χ0v) is 14.5. The average Bonchev–Trinajstić information content (AvgIpc) is 2.67. The summed E-state index contributed by atoms with van der Waals surface area (Å²) >= 11 is 0. The number of nitro groups is 1. The van der Waals surface area contributed by atoms with Gasteiger partial charge in [-0.25, -0.2) is 5.21 Å². The lowest BCUT2D eigenvalue weighted by Crippen LogP contribution is -2.99. The summed E-state index contributed by atoms with van der Waals surface area (Å²) in [7, 11) is 1.55. The fraction of sp³-hybridized carbons (Fsp3) is 0.235. The second-order valence-electron chi connectivity index (χ2n) is 5.77. The number of hydrazone groups is 1. The van der Waals surface area contributed by atoms with Crippen LogP contribution in [0.25, 0.3) is 0 Å². The van der Waals surface area contributed by atoms with Crippen LogP contribution in [0.3, 0.4) is 0 Å². The van der Waals surface area contributed by atoms with E-state index in [0.29, 0.717) is 12.4 Å². The Bertz CT molecular complexity index is 884. The molecule has 1 heterocycles. The van der Waals surface area contributed by atoms with Crippen LogP contribution in [0.15, 0.2) is 35.4 Å². The summed E-state index contributed by atoms with van der Waals surface area (Å²) in [4.78, 5) is 10.5. The first-order chi connectivity index (χ1) is 13.0. The molecule has 0 aliphatic carbocycles. The van der Waals surface area contributed by atoms with Gasteiger partial charge in [-0.05, 0) is 31.0 Å². The molecule has 2 aromatic carbocycles. The second-order valence-corrected chi connectivity index (χ2v) is 5.77. The first kappa shape index (κ1) is 18.6. The van der Waals surface area contributed by atoms with E-state index >= 15 is 0 Å². The second kappa shape index (κ2) is 7.99. The molecule has 1 aliphatic heterocycles. The molecule has 0 bridgehead atoms. The number of quaternary nitrogens is 1. The minimum absolute atomic E-state index is 0.0845. The molecule has 0 saturated heterocycles. The molecule has 27 heavy (non-hydrogen) atoms. The molecular weight excluding hydrogens is 356 g/mol. The monoisotopic (exact) mass is 374 g/mol. The number of methoxy groups -OCH3 is 1. The van der Waals surface area contributed by atoms with Gasteiger partial charge in [0.2, 0.25) is 0 Å². The van der Waals surface area contributed by atoms with Crippen LogP contribution >= 0.6 is 0 Å². The summed E-state index contributed by atoms with van der Waals surface area (Å²) in [5.41, 5.74) is 3.83. The van der Waals surface area contributed by atoms with Crippen molar-refractivity contribution in [1.29, 1.82) is 0 Å². The number of ether oxygens (including phenoxy) is 2. The Hall–Kier alpha value is -3.21. The van der Waals surface area contributed by atoms with Gasteiger partial charge in [0.25, 0.3) is 5.69 Å². The third kappa shape index (κ3) is 3.97. The van der Waals surface area contributed by atoms with E-state index in [1.807, 2.05) is 6.07 Å². The molecule has 0 amide bonds. The van der Waals surface area contributed by atoms with Gasteiger partial charge in [-0.15, -0.1) is 0 Å². The maximum atomic E-state index is 11.2. The van der Waals surface area contributed by atoms with E-state index in [0.717, 1.165) is 35.8 Å². The van der Waals surface area contributed by atoms with Crippen molar-refractivity contribution in [2.75, 3.05) is 19.1 Å². The summed E-state index contributed by atoms with van der Waals surface area (Å²) in [5, 5.41) is 34.0. The van der Waals surface area contributed by atoms with E-state index in [2.05, 4.69) is 10.5 Å². The van der Waals surface area contributed by atoms with Gasteiger partial charge in [-0.3, -0.25) is 15.5 Å². The number of rotatable bonds is 6. The predicted molar refractivity (Wildman–Crippen MR) is 96.9 cm³/mol. The molecule has 142 valence electrons. The van der Waals surface area contributed by atoms with Gasteiger partial charge in [-0.1, -0.05) is 0 Å². The molecule has 0 aromatic heterocycles. The average molecular weight is 374 g/mol. The standard InChI is InChI=1S/C17H18N4O6/c1-26-16-6-7-17-12(3-2-8-27-17)13(16)10-18-19-14-5-4-11(20(22)23)9-15(14)21(24)25/h4-7,9-10,19-20,22H,2-3,8H2,1H3/b18-10+. The molecule has 3 N–H and O–H groups in total. The molecular formula is C17H18N4O6. The van der Waals surface area contributed by atoms with Crippen molar-refractivity contribution in [2.45, 2.75) is 12.8 Å². The van der Waals surface area contributed by atoms with Gasteiger partial charge < -0.3 is 14.7 Å². The van der Waals surface area contributed by atoms with Crippen LogP contribution in [0.1, 0.15) is 17.5 Å². The molecule has 10 heteroatoms. The number of benzene rings is 2. The predicted octanol–water partition coefficient (Wildman–Crippen LogP) is 1.78. The van der Waals surface area contributed by atoms with E-state index in [-0.39, 0.29) is 17.1 Å². The van der Waals surface area contributed by atoms with E-state index in [9.17, 15) is 15.3 Å². The Labute approximate surface area is 154 Å². The van der Waals surface area contributed by atoms with E-state index in [1.165, 1.54) is 18.3 Å². The molecule has 1 aliphatic rings. The Balaban J connectivity index is 1.89. The normalized spacial score (nSPS) is 14.3. The summed E-state index contributed by atoms with van der Waals surface area (Å²) in [6.45, 7) is 0.649. The Morgan fingerprint density at radius 2 is 2.22 bits per heavy atom. The fourth-order valence-electron chi connectivity index (χ4n) is 2.84. The van der Waals surface area contributed by atoms with Gasteiger partial charge in [0.1, 0.15) is 17.2 Å². The highest BCUT2D eigenvalue weighted by molar-refractivity contribution is 5.87. The highest BCUT2D eigenvalue weighted by Crippen LogP contribution is 2.33. The van der Waals surface area contributed by atoms with E-state index < -0.39 is 10.1 Å². The number of anilines is 1. The van der Waals surface area contributed by atoms with Gasteiger partial charge >= 0.3 is 0 Å². The zero-order valence-electron chi connectivity index (χ0n) is 14.5. The first-order valence-electron chi connectivity index (χ1n) is 8.14. The lowest BCUT2D eigenvalue weighted by molar-refractivity contribution is -0.991. The number of nitrogens with one attached hydrogen (secondary N) is 2. The molecule has 10 nitrogen and oxygen atoms in total. The van der Waals surface area contributed by atoms with E-state index in [4.69, 9.17) is 14.7 Å². The lowest BCUT2D eigenvalue weighted by atomic mass is 9.99. The van der Waals surface area contributed by atoms with Crippen molar-refractivity contribution >= 4 is 23.3 Å². The Kier molecular flexibility index (Phi) is 5.50. The number of nitro benzene ring substituents is 1. The molecule has 0 spiro atoms. The maximum absolute atomic E-state index is 11.2. The Morgan fingerprint density at radius 1 is 1.41 bits per heavy atom. The summed E-state index contributed by atoms with van der Waals surface area (Å²) < 4.78 is 11.0. The molecule has 1 unspecified atom stereocenters. The third-order valence-electron chi connectivity index (χ3n) is 4.14. The first-order valence-corrected chi connectivity index (χ1v) is 8.14. The quantitative estimate of drug-likeness (QED) is 0.398. The molecule has 3 rings (SSSR count). The largest absolute Gasteiger partial charge is 0.595 e. The van der Waals surface area contributed by atoms with Crippen LogP contribution in [0, 0.1) is 15.3 Å². The van der Waals surface area contributed by atoms with Crippen molar-refractivity contribution in [2.24, 2.45) is 5.10 Å². The summed E-state index contributed by atoms with van der Waals surface area (Å²) in [5.74, 6) is 1.38. The number of hydrogen-bond donors (Lipinski definition) is 3. The smallest absolute Gasteiger partial charge is 0.300 e. The molecule has 0 radical (unpaired) electrons. The molecule has 2 aromatic rings. The lowest BCUT2D eigenvalue weighted by Gasteiger charge is -2.20. The van der Waals surface area contributed by atoms with Crippen molar-refractivity contribution in [3.63, 3.8) is 0 Å². The van der Waals surface area contributed by atoms with Gasteiger partial charge in [-0.2, -0.15) is 10.3 Å². The zero-order chi connectivity index (χ0) is 19.4. The molecule has 0 saturated carbocycles. The van der Waals surface area contributed by atoms with Crippen molar-refractivity contribution in [3.8, 4) is 11.5 Å². The highest BCUT2D eigenvalue weighted by atomic mass is 16.8. The van der Waals surface area contributed by atoms with Crippen LogP contribution in [-0.2, 0) is 6.42 Å². The van der Waals surface area contributed by atoms with Crippen LogP contribution in [0.4, 0.5) is 17.1 Å². The third-order valence-corrected chi connectivity index (χ3v) is 4.14. The highest BCUT2D eigenvalue weighted by Gasteiger charge is 2.19. The van der Waals surface area contributed by atoms with Gasteiger partial charge in [0.05, 0.1) is 30.9 Å². The number of nitrogens with zero attached hydrogens (tertiary/aromatic N) is 2. The van der Waals surface area contributed by atoms with Crippen LogP contribution in [-0.4, -0.2) is 30.1 Å². The van der Waals surface area contributed by atoms with Crippen molar-refractivity contribution in [3.05, 3.63) is 56.8 Å². The van der Waals surface area contributed by atoms with Crippen LogP contribution in [0.2, 0.25) is 0 Å². The van der Waals surface area contributed by atoms with Crippen LogP contribution in [0.5, 0.6) is 11.5 Å². The topological polar surface area (TPSA) is 134 Å². The number of fused-ring (bicyclic) bond motifs is 1. The van der Waals surface area contributed by atoms with Gasteiger partial charge in [0, 0.05) is 17.2 Å². The van der Waals surface area contributed by atoms with E-state index in [1.54, 1.807) is 13.2 Å². The molecule has 1 atom stereocenters. The number of hydrogen-bond acceptors (Lipinski definition) is 8.